The van der Waals surface area contributed by atoms with E-state index in [1.54, 1.807) is 39.9 Å². The first kappa shape index (κ1) is 41.5. The van der Waals surface area contributed by atoms with Crippen LogP contribution in [-0.2, 0) is 16.0 Å². The Balaban J connectivity index is 1.32. The third kappa shape index (κ3) is 11.7. The first-order valence-electron chi connectivity index (χ1n) is 19.9. The molecule has 0 aromatic heterocycles. The molecular weight excluding hydrogens is 703 g/mol. The third-order valence-corrected chi connectivity index (χ3v) is 9.90. The molecule has 56 heavy (non-hydrogen) atoms. The second kappa shape index (κ2) is 19.8. The highest BCUT2D eigenvalue weighted by atomic mass is 16.6. The number of ketones is 1. The molecule has 0 aliphatic carbocycles. The molecule has 2 N–H and O–H groups in total. The highest BCUT2D eigenvalue weighted by Crippen LogP contribution is 2.27. The lowest BCUT2D eigenvalue weighted by molar-refractivity contribution is -0.133. The van der Waals surface area contributed by atoms with Crippen LogP contribution in [0.3, 0.4) is 0 Å². The Morgan fingerprint density at radius 1 is 0.750 bits per heavy atom. The fraction of sp³-hybridized carbons (Fsp3) is 0.391. The van der Waals surface area contributed by atoms with Crippen LogP contribution in [0.2, 0.25) is 0 Å². The van der Waals surface area contributed by atoms with E-state index < -0.39 is 11.6 Å². The van der Waals surface area contributed by atoms with Crippen molar-refractivity contribution in [1.29, 1.82) is 0 Å². The Bertz CT molecular complexity index is 1920. The molecule has 4 amide bonds. The topological polar surface area (TPSA) is 111 Å². The van der Waals surface area contributed by atoms with Crippen molar-refractivity contribution in [1.82, 2.24) is 15.1 Å². The molecule has 10 nitrogen and oxygen atoms in total. The molecule has 1 aliphatic rings. The average molecular weight is 760 g/mol. The first-order chi connectivity index (χ1) is 26.9. The molecule has 1 unspecified atom stereocenters. The van der Waals surface area contributed by atoms with Gasteiger partial charge in [-0.1, -0.05) is 111 Å². The summed E-state index contributed by atoms with van der Waals surface area (Å²) in [5, 5.41) is 6.49. The summed E-state index contributed by atoms with van der Waals surface area (Å²) < 4.78 is 5.57. The number of carbonyl (C=O) groups excluding carboxylic acids is 4. The van der Waals surface area contributed by atoms with Crippen LogP contribution in [0.4, 0.5) is 21.0 Å². The molecule has 1 fully saturated rings. The summed E-state index contributed by atoms with van der Waals surface area (Å²) in [4.78, 5) is 58.7. The van der Waals surface area contributed by atoms with E-state index in [1.807, 2.05) is 106 Å². The van der Waals surface area contributed by atoms with Crippen LogP contribution in [0.15, 0.2) is 103 Å². The Kier molecular flexibility index (Phi) is 14.7. The van der Waals surface area contributed by atoms with E-state index in [2.05, 4.69) is 17.6 Å². The van der Waals surface area contributed by atoms with Gasteiger partial charge in [0.15, 0.2) is 5.78 Å². The second-order valence-electron chi connectivity index (χ2n) is 15.4. The van der Waals surface area contributed by atoms with Crippen LogP contribution in [0, 0.1) is 0 Å². The van der Waals surface area contributed by atoms with E-state index in [4.69, 9.17) is 4.74 Å². The van der Waals surface area contributed by atoms with E-state index in [1.165, 1.54) is 19.3 Å². The van der Waals surface area contributed by atoms with Gasteiger partial charge in [0.2, 0.25) is 5.91 Å². The third-order valence-electron chi connectivity index (χ3n) is 9.90. The van der Waals surface area contributed by atoms with Gasteiger partial charge in [0, 0.05) is 68.7 Å². The number of carbonyl (C=O) groups is 4. The van der Waals surface area contributed by atoms with Gasteiger partial charge in [-0.05, 0) is 68.1 Å². The molecule has 0 radical (unpaired) electrons. The van der Waals surface area contributed by atoms with Gasteiger partial charge in [-0.3, -0.25) is 14.5 Å². The zero-order valence-electron chi connectivity index (χ0n) is 33.6. The number of ether oxygens (including phenoxy) is 1. The summed E-state index contributed by atoms with van der Waals surface area (Å²) in [6.45, 7) is 9.80. The molecule has 1 saturated heterocycles. The van der Waals surface area contributed by atoms with Crippen LogP contribution in [-0.4, -0.2) is 85.0 Å². The summed E-state index contributed by atoms with van der Waals surface area (Å²) in [6, 6.07) is 31.5. The average Bonchev–Trinajstić information content (AvgIpc) is 3.21. The van der Waals surface area contributed by atoms with Crippen LogP contribution < -0.4 is 15.5 Å². The number of rotatable bonds is 15. The lowest BCUT2D eigenvalue weighted by Gasteiger charge is -2.37. The lowest BCUT2D eigenvalue weighted by atomic mass is 9.98. The van der Waals surface area contributed by atoms with E-state index >= 15 is 0 Å². The van der Waals surface area contributed by atoms with Gasteiger partial charge in [-0.15, -0.1) is 0 Å². The van der Waals surface area contributed by atoms with Crippen molar-refractivity contribution < 1.29 is 23.9 Å². The first-order valence-corrected chi connectivity index (χ1v) is 19.9. The van der Waals surface area contributed by atoms with Gasteiger partial charge in [0.25, 0.3) is 0 Å². The largest absolute Gasteiger partial charge is 0.444 e. The molecule has 1 aliphatic heterocycles. The van der Waals surface area contributed by atoms with Gasteiger partial charge in [-0.25, -0.2) is 9.59 Å². The maximum absolute atomic E-state index is 14.3. The summed E-state index contributed by atoms with van der Waals surface area (Å²) in [7, 11) is 1.78. The maximum Gasteiger partial charge on any atom is 0.410 e. The quantitative estimate of drug-likeness (QED) is 0.0926. The molecule has 1 heterocycles. The Morgan fingerprint density at radius 3 is 2.11 bits per heavy atom. The van der Waals surface area contributed by atoms with Crippen molar-refractivity contribution in [3.63, 3.8) is 0 Å². The Labute approximate surface area is 332 Å². The number of unbranched alkanes of at least 4 members (excludes halogenated alkanes) is 4. The number of amides is 4. The monoisotopic (exact) mass is 759 g/mol. The molecule has 10 heteroatoms. The molecule has 296 valence electrons. The van der Waals surface area contributed by atoms with E-state index in [0.29, 0.717) is 56.0 Å². The smallest absolute Gasteiger partial charge is 0.410 e. The second-order valence-corrected chi connectivity index (χ2v) is 15.4. The predicted octanol–water partition coefficient (Wildman–Crippen LogP) is 8.80. The SMILES string of the molecule is CCCCCCCNC(=O)N(C)c1cccc(-c2ccc(CC(Nc3ccccc3C(=O)c3ccccc3)C(=O)N3CCN(C(=O)OC(C)(C)C)CC3)cc2)c1. The fourth-order valence-corrected chi connectivity index (χ4v) is 6.72. The van der Waals surface area contributed by atoms with Gasteiger partial charge < -0.3 is 25.2 Å². The predicted molar refractivity (Wildman–Crippen MR) is 224 cm³/mol. The Morgan fingerprint density at radius 2 is 1.41 bits per heavy atom. The van der Waals surface area contributed by atoms with Crippen molar-refractivity contribution in [2.45, 2.75) is 77.9 Å². The van der Waals surface area contributed by atoms with Gasteiger partial charge >= 0.3 is 12.1 Å². The van der Waals surface area contributed by atoms with E-state index in [9.17, 15) is 19.2 Å². The lowest BCUT2D eigenvalue weighted by Crippen LogP contribution is -2.55. The number of hydrogen-bond donors (Lipinski definition) is 2. The number of urea groups is 1. The van der Waals surface area contributed by atoms with Crippen LogP contribution in [0.25, 0.3) is 11.1 Å². The van der Waals surface area contributed by atoms with Crippen LogP contribution in [0.1, 0.15) is 81.3 Å². The summed E-state index contributed by atoms with van der Waals surface area (Å²) in [5.41, 5.74) is 4.68. The maximum atomic E-state index is 14.3. The minimum Gasteiger partial charge on any atom is -0.444 e. The number of para-hydroxylation sites is 1. The molecule has 0 bridgehead atoms. The molecule has 5 rings (SSSR count). The zero-order valence-corrected chi connectivity index (χ0v) is 33.6. The number of benzene rings is 4. The molecule has 4 aromatic rings. The number of hydrogen-bond acceptors (Lipinski definition) is 6. The minimum atomic E-state index is -0.694. The molecule has 1 atom stereocenters. The standard InChI is InChI=1S/C46H57N5O5/c1-6-7-8-9-15-27-47-44(54)49(5)38-20-16-19-37(33-38)35-25-23-34(24-26-35)32-41(43(53)50-28-30-51(31-29-50)45(55)56-46(2,3)4)48-40-22-14-13-21-39(40)42(52)36-17-11-10-12-18-36/h10-14,16-26,33,41,48H,6-9,15,27-32H2,1-5H3,(H,47,54). The van der Waals surface area contributed by atoms with Crippen molar-refractivity contribution in [3.05, 3.63) is 120 Å². The number of anilines is 2. The van der Waals surface area contributed by atoms with Crippen LogP contribution >= 0.6 is 0 Å². The van der Waals surface area contributed by atoms with E-state index in [0.717, 1.165) is 35.2 Å². The zero-order chi connectivity index (χ0) is 40.1. The molecule has 0 saturated carbocycles. The fourth-order valence-electron chi connectivity index (χ4n) is 6.72. The van der Waals surface area contributed by atoms with Gasteiger partial charge in [-0.2, -0.15) is 0 Å². The summed E-state index contributed by atoms with van der Waals surface area (Å²) in [5.74, 6) is -0.252. The molecular formula is C46H57N5O5. The molecule has 0 spiro atoms. The highest BCUT2D eigenvalue weighted by molar-refractivity contribution is 6.12. The van der Waals surface area contributed by atoms with E-state index in [-0.39, 0.29) is 23.8 Å². The summed E-state index contributed by atoms with van der Waals surface area (Å²) in [6.07, 6.45) is 5.66. The number of nitrogens with one attached hydrogen (secondary N) is 2. The number of piperazine rings is 1. The van der Waals surface area contributed by atoms with Crippen LogP contribution in [0.5, 0.6) is 0 Å². The molecule has 4 aromatic carbocycles. The normalized spacial score (nSPS) is 13.4. The summed E-state index contributed by atoms with van der Waals surface area (Å²) >= 11 is 0. The van der Waals surface area contributed by atoms with Gasteiger partial charge in [0.1, 0.15) is 11.6 Å². The highest BCUT2D eigenvalue weighted by Gasteiger charge is 2.32. The van der Waals surface area contributed by atoms with Gasteiger partial charge in [0.05, 0.1) is 0 Å². The van der Waals surface area contributed by atoms with Crippen molar-refractivity contribution in [2.24, 2.45) is 0 Å². The minimum absolute atomic E-state index is 0.116. The number of nitrogens with zero attached hydrogens (tertiary/aromatic N) is 3. The van der Waals surface area contributed by atoms with Crippen molar-refractivity contribution in [2.75, 3.05) is 50.0 Å². The van der Waals surface area contributed by atoms with Crippen molar-refractivity contribution in [3.8, 4) is 11.1 Å². The van der Waals surface area contributed by atoms with Crippen molar-refractivity contribution >= 4 is 35.2 Å². The Hall–Kier alpha value is -5.64.